The lowest BCUT2D eigenvalue weighted by Gasteiger charge is -2.07. The van der Waals surface area contributed by atoms with Crippen LogP contribution in [-0.2, 0) is 4.74 Å². The Morgan fingerprint density at radius 2 is 1.69 bits per heavy atom. The second-order valence-electron chi connectivity index (χ2n) is 5.55. The highest BCUT2D eigenvalue weighted by atomic mass is 35.5. The number of Topliss-reactive ketones (excluding diaryl/α,β-unsaturated/α-hetero) is 1. The Morgan fingerprint density at radius 3 is 2.38 bits per heavy atom. The number of fused-ring (bicyclic) bond motifs is 1. The summed E-state index contributed by atoms with van der Waals surface area (Å²) < 4.78 is 4.99. The van der Waals surface area contributed by atoms with Crippen LogP contribution in [0.1, 0.15) is 41.4 Å². The minimum Gasteiger partial charge on any atom is -0.454 e. The van der Waals surface area contributed by atoms with Crippen LogP contribution in [0.2, 0.25) is 10.0 Å². The fourth-order valence-electron chi connectivity index (χ4n) is 2.50. The monoisotopic (exact) mass is 391 g/mol. The van der Waals surface area contributed by atoms with E-state index in [0.29, 0.717) is 5.02 Å². The van der Waals surface area contributed by atoms with Crippen LogP contribution in [0.5, 0.6) is 0 Å². The number of carbonyl (C=O) groups excluding carboxylic acids is 4. The van der Waals surface area contributed by atoms with Crippen molar-refractivity contribution < 1.29 is 23.9 Å². The first-order valence-electron chi connectivity index (χ1n) is 7.41. The quantitative estimate of drug-likeness (QED) is 0.453. The van der Waals surface area contributed by atoms with Crippen LogP contribution < -0.4 is 0 Å². The number of hydrogen-bond acceptors (Lipinski definition) is 5. The molecule has 0 unspecified atom stereocenters. The molecule has 2 aromatic carbocycles. The van der Waals surface area contributed by atoms with Crippen molar-refractivity contribution in [3.8, 4) is 0 Å². The molecule has 132 valence electrons. The third kappa shape index (κ3) is 3.21. The van der Waals surface area contributed by atoms with E-state index >= 15 is 0 Å². The average molecular weight is 392 g/mol. The van der Waals surface area contributed by atoms with Gasteiger partial charge in [-0.05, 0) is 36.4 Å². The van der Waals surface area contributed by atoms with E-state index in [1.54, 1.807) is 0 Å². The molecule has 1 aliphatic heterocycles. The van der Waals surface area contributed by atoms with Crippen LogP contribution >= 0.6 is 23.2 Å². The lowest BCUT2D eigenvalue weighted by molar-refractivity contribution is 0.0474. The van der Waals surface area contributed by atoms with E-state index in [2.05, 4.69) is 0 Å². The van der Waals surface area contributed by atoms with E-state index in [-0.39, 0.29) is 27.3 Å². The van der Waals surface area contributed by atoms with Crippen LogP contribution in [0.15, 0.2) is 36.4 Å². The van der Waals surface area contributed by atoms with Crippen molar-refractivity contribution in [2.75, 3.05) is 13.7 Å². The summed E-state index contributed by atoms with van der Waals surface area (Å²) in [7, 11) is 1.36. The van der Waals surface area contributed by atoms with Gasteiger partial charge in [-0.2, -0.15) is 0 Å². The number of esters is 1. The van der Waals surface area contributed by atoms with Crippen LogP contribution in [0.4, 0.5) is 0 Å². The highest BCUT2D eigenvalue weighted by Gasteiger charge is 2.33. The molecule has 0 N–H and O–H groups in total. The summed E-state index contributed by atoms with van der Waals surface area (Å²) in [5.74, 6) is -2.21. The van der Waals surface area contributed by atoms with Gasteiger partial charge in [0, 0.05) is 17.6 Å². The first-order chi connectivity index (χ1) is 12.3. The number of amides is 2. The Bertz CT molecular complexity index is 970. The molecule has 6 nitrogen and oxygen atoms in total. The van der Waals surface area contributed by atoms with Crippen molar-refractivity contribution in [2.45, 2.75) is 0 Å². The predicted octanol–water partition coefficient (Wildman–Crippen LogP) is 3.26. The van der Waals surface area contributed by atoms with Crippen molar-refractivity contribution in [3.63, 3.8) is 0 Å². The predicted molar refractivity (Wildman–Crippen MR) is 93.9 cm³/mol. The minimum absolute atomic E-state index is 0.0650. The zero-order chi connectivity index (χ0) is 19.0. The first-order valence-corrected chi connectivity index (χ1v) is 8.17. The maximum absolute atomic E-state index is 12.2. The summed E-state index contributed by atoms with van der Waals surface area (Å²) in [6, 6.07) is 8.39. The second-order valence-corrected chi connectivity index (χ2v) is 6.40. The fourth-order valence-corrected chi connectivity index (χ4v) is 3.01. The Kier molecular flexibility index (Phi) is 4.80. The van der Waals surface area contributed by atoms with Crippen molar-refractivity contribution in [1.29, 1.82) is 0 Å². The maximum atomic E-state index is 12.2. The highest BCUT2D eigenvalue weighted by molar-refractivity contribution is 6.36. The van der Waals surface area contributed by atoms with Gasteiger partial charge in [-0.1, -0.05) is 23.2 Å². The normalized spacial score (nSPS) is 13.0. The number of nitrogens with zero attached hydrogens (tertiary/aromatic N) is 1. The van der Waals surface area contributed by atoms with Gasteiger partial charge in [-0.15, -0.1) is 0 Å². The molecule has 2 aromatic rings. The standard InChI is InChI=1S/C18H11Cl2NO5/c1-21-16(23)11-4-2-9(6-13(11)17(21)24)18(25)26-8-15(22)12-5-3-10(19)7-14(12)20/h2-7H,8H2,1H3. The summed E-state index contributed by atoms with van der Waals surface area (Å²) in [6.07, 6.45) is 0. The zero-order valence-electron chi connectivity index (χ0n) is 13.4. The van der Waals surface area contributed by atoms with Gasteiger partial charge in [0.2, 0.25) is 5.78 Å². The lowest BCUT2D eigenvalue weighted by atomic mass is 10.1. The molecule has 0 spiro atoms. The van der Waals surface area contributed by atoms with E-state index in [4.69, 9.17) is 27.9 Å². The van der Waals surface area contributed by atoms with Crippen molar-refractivity contribution in [2.24, 2.45) is 0 Å². The van der Waals surface area contributed by atoms with E-state index < -0.39 is 30.2 Å². The van der Waals surface area contributed by atoms with Gasteiger partial charge >= 0.3 is 5.97 Å². The molecule has 3 rings (SSSR count). The molecule has 26 heavy (non-hydrogen) atoms. The van der Waals surface area contributed by atoms with Crippen LogP contribution in [-0.4, -0.2) is 42.1 Å². The number of ether oxygens (including phenoxy) is 1. The molecular formula is C18H11Cl2NO5. The SMILES string of the molecule is CN1C(=O)c2ccc(C(=O)OCC(=O)c3ccc(Cl)cc3Cl)cc2C1=O. The molecule has 8 heteroatoms. The van der Waals surface area contributed by atoms with Gasteiger partial charge in [-0.3, -0.25) is 19.3 Å². The smallest absolute Gasteiger partial charge is 0.338 e. The number of imide groups is 1. The van der Waals surface area contributed by atoms with E-state index in [9.17, 15) is 19.2 Å². The van der Waals surface area contributed by atoms with Crippen LogP contribution in [0.25, 0.3) is 0 Å². The number of ketones is 1. The summed E-state index contributed by atoms with van der Waals surface area (Å²) in [6.45, 7) is -0.524. The van der Waals surface area contributed by atoms with Crippen molar-refractivity contribution >= 4 is 46.8 Å². The largest absolute Gasteiger partial charge is 0.454 e. The molecule has 0 atom stereocenters. The third-order valence-corrected chi connectivity index (χ3v) is 4.44. The molecule has 1 aliphatic rings. The zero-order valence-corrected chi connectivity index (χ0v) is 14.9. The molecule has 0 saturated heterocycles. The van der Waals surface area contributed by atoms with Crippen LogP contribution in [0.3, 0.4) is 0 Å². The van der Waals surface area contributed by atoms with Gasteiger partial charge in [0.25, 0.3) is 11.8 Å². The van der Waals surface area contributed by atoms with Gasteiger partial charge < -0.3 is 4.74 Å². The molecule has 0 bridgehead atoms. The van der Waals surface area contributed by atoms with Gasteiger partial charge in [0.1, 0.15) is 0 Å². The molecule has 0 aliphatic carbocycles. The molecule has 1 heterocycles. The molecular weight excluding hydrogens is 381 g/mol. The van der Waals surface area contributed by atoms with Crippen molar-refractivity contribution in [3.05, 3.63) is 68.7 Å². The number of hydrogen-bond donors (Lipinski definition) is 0. The summed E-state index contributed by atoms with van der Waals surface area (Å²) in [5, 5.41) is 0.536. The second kappa shape index (κ2) is 6.90. The Morgan fingerprint density at radius 1 is 1.00 bits per heavy atom. The number of rotatable bonds is 4. The van der Waals surface area contributed by atoms with Gasteiger partial charge in [0.15, 0.2) is 6.61 Å². The maximum Gasteiger partial charge on any atom is 0.338 e. The topological polar surface area (TPSA) is 80.8 Å². The van der Waals surface area contributed by atoms with Crippen LogP contribution in [0, 0.1) is 0 Å². The number of carbonyl (C=O) groups is 4. The molecule has 0 fully saturated rings. The molecule has 0 radical (unpaired) electrons. The summed E-state index contributed by atoms with van der Waals surface area (Å²) in [4.78, 5) is 49.1. The molecule has 2 amide bonds. The Hall–Kier alpha value is -2.70. The lowest BCUT2D eigenvalue weighted by Crippen LogP contribution is -2.24. The van der Waals surface area contributed by atoms with E-state index in [0.717, 1.165) is 4.90 Å². The van der Waals surface area contributed by atoms with Gasteiger partial charge in [0.05, 0.1) is 21.7 Å². The molecule has 0 aromatic heterocycles. The van der Waals surface area contributed by atoms with E-state index in [1.165, 1.54) is 43.4 Å². The molecule has 0 saturated carbocycles. The number of benzene rings is 2. The van der Waals surface area contributed by atoms with Crippen molar-refractivity contribution in [1.82, 2.24) is 4.90 Å². The highest BCUT2D eigenvalue weighted by Crippen LogP contribution is 2.24. The van der Waals surface area contributed by atoms with Gasteiger partial charge in [-0.25, -0.2) is 4.79 Å². The minimum atomic E-state index is -0.791. The summed E-state index contributed by atoms with van der Waals surface area (Å²) >= 11 is 11.7. The Balaban J connectivity index is 1.72. The average Bonchev–Trinajstić information content (AvgIpc) is 2.83. The first kappa shape index (κ1) is 18.1. The fraction of sp³-hybridized carbons (Fsp3) is 0.111. The number of halogens is 2. The third-order valence-electron chi connectivity index (χ3n) is 3.89. The Labute approximate surface area is 158 Å². The summed E-state index contributed by atoms with van der Waals surface area (Å²) in [5.41, 5.74) is 0.590. The van der Waals surface area contributed by atoms with E-state index in [1.807, 2.05) is 0 Å².